The average Bonchev–Trinajstić information content (AvgIpc) is 2.66. The molecule has 0 spiro atoms. The van der Waals surface area contributed by atoms with E-state index in [0.29, 0.717) is 13.0 Å². The third-order valence-corrected chi connectivity index (χ3v) is 4.65. The van der Waals surface area contributed by atoms with Crippen LogP contribution in [0.1, 0.15) is 24.1 Å². The minimum absolute atomic E-state index is 0.00207. The minimum Gasteiger partial charge on any atom is -0.497 e. The molecule has 1 amide bonds. The van der Waals surface area contributed by atoms with E-state index in [1.807, 2.05) is 44.3 Å². The maximum Gasteiger partial charge on any atom is 0.229 e. The number of rotatable bonds is 4. The Bertz CT molecular complexity index is 718. The van der Waals surface area contributed by atoms with Gasteiger partial charge in [0, 0.05) is 25.5 Å². The highest BCUT2D eigenvalue weighted by Gasteiger charge is 2.30. The molecule has 1 aromatic heterocycles. The van der Waals surface area contributed by atoms with Gasteiger partial charge < -0.3 is 14.4 Å². The van der Waals surface area contributed by atoms with Crippen LogP contribution in [0, 0.1) is 5.92 Å². The van der Waals surface area contributed by atoms with Gasteiger partial charge in [0.1, 0.15) is 18.1 Å². The molecule has 0 N–H and O–H groups in total. The highest BCUT2D eigenvalue weighted by atomic mass is 16.5. The Balaban J connectivity index is 1.71. The number of amides is 1. The fourth-order valence-electron chi connectivity index (χ4n) is 2.98. The molecule has 0 radical (unpaired) electrons. The van der Waals surface area contributed by atoms with Crippen LogP contribution in [0.25, 0.3) is 0 Å². The van der Waals surface area contributed by atoms with E-state index >= 15 is 0 Å². The summed E-state index contributed by atoms with van der Waals surface area (Å²) in [6.45, 7) is 2.42. The van der Waals surface area contributed by atoms with Crippen molar-refractivity contribution in [2.24, 2.45) is 5.92 Å². The molecule has 2 atom stereocenters. The van der Waals surface area contributed by atoms with Crippen molar-refractivity contribution in [1.82, 2.24) is 9.88 Å². The van der Waals surface area contributed by atoms with Crippen molar-refractivity contribution < 1.29 is 14.3 Å². The second-order valence-electron chi connectivity index (χ2n) is 6.09. The van der Waals surface area contributed by atoms with Crippen LogP contribution in [0.4, 0.5) is 0 Å². The Morgan fingerprint density at radius 3 is 2.79 bits per heavy atom. The van der Waals surface area contributed by atoms with Crippen molar-refractivity contribution in [3.63, 3.8) is 0 Å². The van der Waals surface area contributed by atoms with E-state index in [1.54, 1.807) is 24.4 Å². The molecule has 1 aliphatic heterocycles. The number of carbonyl (C=O) groups is 1. The second kappa shape index (κ2) is 6.91. The first-order chi connectivity index (χ1) is 11.6. The van der Waals surface area contributed by atoms with Gasteiger partial charge >= 0.3 is 0 Å². The fraction of sp³-hybridized carbons (Fsp3) is 0.368. The summed E-state index contributed by atoms with van der Waals surface area (Å²) >= 11 is 0. The van der Waals surface area contributed by atoms with Gasteiger partial charge in [0.25, 0.3) is 0 Å². The number of benzene rings is 1. The van der Waals surface area contributed by atoms with Gasteiger partial charge in [0.05, 0.1) is 19.1 Å². The van der Waals surface area contributed by atoms with Gasteiger partial charge in [0.15, 0.2) is 0 Å². The summed E-state index contributed by atoms with van der Waals surface area (Å²) in [6, 6.07) is 9.62. The predicted octanol–water partition coefficient (Wildman–Crippen LogP) is 2.86. The van der Waals surface area contributed by atoms with Gasteiger partial charge in [-0.2, -0.15) is 0 Å². The van der Waals surface area contributed by atoms with E-state index in [0.717, 1.165) is 22.6 Å². The Morgan fingerprint density at radius 1 is 1.33 bits per heavy atom. The summed E-state index contributed by atoms with van der Waals surface area (Å²) < 4.78 is 11.0. The van der Waals surface area contributed by atoms with Crippen molar-refractivity contribution in [3.05, 3.63) is 53.9 Å². The van der Waals surface area contributed by atoms with Crippen LogP contribution >= 0.6 is 0 Å². The van der Waals surface area contributed by atoms with Crippen LogP contribution in [0.2, 0.25) is 0 Å². The molecule has 0 saturated carbocycles. The number of carbonyl (C=O) groups excluding carboxylic acids is 1. The molecular formula is C19H22N2O3. The molecule has 1 aromatic carbocycles. The van der Waals surface area contributed by atoms with Crippen molar-refractivity contribution in [2.45, 2.75) is 19.4 Å². The summed E-state index contributed by atoms with van der Waals surface area (Å²) in [5.41, 5.74) is 2.12. The largest absolute Gasteiger partial charge is 0.497 e. The smallest absolute Gasteiger partial charge is 0.229 e. The lowest BCUT2D eigenvalue weighted by atomic mass is 9.94. The molecule has 5 heteroatoms. The first-order valence-electron chi connectivity index (χ1n) is 8.06. The summed E-state index contributed by atoms with van der Waals surface area (Å²) in [6.07, 6.45) is 4.18. The molecule has 24 heavy (non-hydrogen) atoms. The third kappa shape index (κ3) is 3.20. The van der Waals surface area contributed by atoms with Crippen LogP contribution in [-0.2, 0) is 11.2 Å². The van der Waals surface area contributed by atoms with E-state index in [4.69, 9.17) is 9.47 Å². The van der Waals surface area contributed by atoms with Crippen LogP contribution in [0.5, 0.6) is 11.5 Å². The number of hydrogen-bond donors (Lipinski definition) is 0. The maximum atomic E-state index is 12.9. The Morgan fingerprint density at radius 2 is 2.08 bits per heavy atom. The van der Waals surface area contributed by atoms with Crippen molar-refractivity contribution in [1.29, 1.82) is 0 Å². The molecule has 126 valence electrons. The summed E-state index contributed by atoms with van der Waals surface area (Å²) in [5.74, 6) is 1.51. The number of pyridine rings is 1. The van der Waals surface area contributed by atoms with Gasteiger partial charge in [-0.3, -0.25) is 9.78 Å². The lowest BCUT2D eigenvalue weighted by Gasteiger charge is -2.31. The Kier molecular flexibility index (Phi) is 4.69. The lowest BCUT2D eigenvalue weighted by Crippen LogP contribution is -2.39. The molecule has 3 rings (SSSR count). The first-order valence-corrected chi connectivity index (χ1v) is 8.06. The normalized spacial score (nSPS) is 17.4. The standard InChI is InChI=1S/C19H22N2O3/c1-13(14-6-8-20-9-7-14)21(2)19(22)16-10-15-4-5-17(23-3)11-18(15)24-12-16/h4-9,11,13,16H,10,12H2,1-3H3/t13-,16+/m1/s1. The fourth-order valence-corrected chi connectivity index (χ4v) is 2.98. The molecular weight excluding hydrogens is 304 g/mol. The highest BCUT2D eigenvalue weighted by molar-refractivity contribution is 5.80. The first kappa shape index (κ1) is 16.3. The van der Waals surface area contributed by atoms with E-state index < -0.39 is 0 Å². The number of ether oxygens (including phenoxy) is 2. The SMILES string of the molecule is COc1ccc2c(c1)OC[C@@H](C(=O)N(C)[C@H](C)c1ccncc1)C2. The topological polar surface area (TPSA) is 51.7 Å². The monoisotopic (exact) mass is 326 g/mol. The molecule has 2 heterocycles. The zero-order chi connectivity index (χ0) is 17.1. The van der Waals surface area contributed by atoms with E-state index in [-0.39, 0.29) is 17.9 Å². The minimum atomic E-state index is -0.166. The maximum absolute atomic E-state index is 12.9. The molecule has 1 aliphatic rings. The van der Waals surface area contributed by atoms with Crippen molar-refractivity contribution >= 4 is 5.91 Å². The number of nitrogens with zero attached hydrogens (tertiary/aromatic N) is 2. The van der Waals surface area contributed by atoms with Crippen molar-refractivity contribution in [3.8, 4) is 11.5 Å². The van der Waals surface area contributed by atoms with E-state index in [1.165, 1.54) is 0 Å². The molecule has 0 saturated heterocycles. The highest BCUT2D eigenvalue weighted by Crippen LogP contribution is 2.32. The molecule has 0 bridgehead atoms. The molecule has 0 unspecified atom stereocenters. The summed E-state index contributed by atoms with van der Waals surface area (Å²) in [4.78, 5) is 18.7. The zero-order valence-electron chi connectivity index (χ0n) is 14.2. The average molecular weight is 326 g/mol. The van der Waals surface area contributed by atoms with Gasteiger partial charge in [-0.1, -0.05) is 6.07 Å². The van der Waals surface area contributed by atoms with Crippen molar-refractivity contribution in [2.75, 3.05) is 20.8 Å². The predicted molar refractivity (Wildman–Crippen MR) is 91.1 cm³/mol. The molecule has 5 nitrogen and oxygen atoms in total. The summed E-state index contributed by atoms with van der Waals surface area (Å²) in [5, 5.41) is 0. The Labute approximate surface area is 142 Å². The lowest BCUT2D eigenvalue weighted by molar-refractivity contribution is -0.137. The number of fused-ring (bicyclic) bond motifs is 1. The van der Waals surface area contributed by atoms with Gasteiger partial charge in [-0.25, -0.2) is 0 Å². The van der Waals surface area contributed by atoms with Gasteiger partial charge in [-0.15, -0.1) is 0 Å². The number of aromatic nitrogens is 1. The van der Waals surface area contributed by atoms with Gasteiger partial charge in [0.2, 0.25) is 5.91 Å². The number of hydrogen-bond acceptors (Lipinski definition) is 4. The van der Waals surface area contributed by atoms with Crippen LogP contribution < -0.4 is 9.47 Å². The van der Waals surface area contributed by atoms with E-state index in [9.17, 15) is 4.79 Å². The Hall–Kier alpha value is -2.56. The van der Waals surface area contributed by atoms with E-state index in [2.05, 4.69) is 4.98 Å². The third-order valence-electron chi connectivity index (χ3n) is 4.65. The molecule has 0 fully saturated rings. The number of methoxy groups -OCH3 is 1. The molecule has 0 aliphatic carbocycles. The van der Waals surface area contributed by atoms with Crippen LogP contribution in [-0.4, -0.2) is 36.6 Å². The van der Waals surface area contributed by atoms with Crippen LogP contribution in [0.3, 0.4) is 0 Å². The van der Waals surface area contributed by atoms with Gasteiger partial charge in [-0.05, 0) is 42.7 Å². The van der Waals surface area contributed by atoms with Crippen LogP contribution in [0.15, 0.2) is 42.7 Å². The summed E-state index contributed by atoms with van der Waals surface area (Å²) in [7, 11) is 3.48. The molecule has 2 aromatic rings. The quantitative estimate of drug-likeness (QED) is 0.867. The zero-order valence-corrected chi connectivity index (χ0v) is 14.2. The second-order valence-corrected chi connectivity index (χ2v) is 6.09.